The van der Waals surface area contributed by atoms with Crippen LogP contribution in [0.4, 0.5) is 0 Å². The van der Waals surface area contributed by atoms with Crippen molar-refractivity contribution in [3.05, 3.63) is 0 Å². The number of carbonyl (C=O) groups is 2. The molecular weight excluding hydrogens is 242 g/mol. The number of nitrogens with one attached hydrogen (secondary N) is 1. The third-order valence-corrected chi connectivity index (χ3v) is 5.30. The number of carbonyl (C=O) groups excluding carboxylic acids is 2. The average Bonchev–Trinajstić information content (AvgIpc) is 2.77. The van der Waals surface area contributed by atoms with Crippen molar-refractivity contribution in [2.75, 3.05) is 13.2 Å². The van der Waals surface area contributed by atoms with E-state index >= 15 is 0 Å². The van der Waals surface area contributed by atoms with E-state index in [4.69, 9.17) is 4.74 Å². The average molecular weight is 265 g/mol. The fraction of sp³-hybridized carbons (Fsp3) is 0.867. The third kappa shape index (κ3) is 2.42. The van der Waals surface area contributed by atoms with Crippen LogP contribution in [0.5, 0.6) is 0 Å². The molecule has 2 amide bonds. The summed E-state index contributed by atoms with van der Waals surface area (Å²) < 4.78 is 5.56. The number of imide groups is 1. The fourth-order valence-electron chi connectivity index (χ4n) is 4.49. The van der Waals surface area contributed by atoms with Gasteiger partial charge in [0.25, 0.3) is 0 Å². The van der Waals surface area contributed by atoms with Gasteiger partial charge in [-0.15, -0.1) is 0 Å². The summed E-state index contributed by atoms with van der Waals surface area (Å²) in [6, 6.07) is 0. The predicted molar refractivity (Wildman–Crippen MR) is 70.3 cm³/mol. The minimum atomic E-state index is -0.120. The summed E-state index contributed by atoms with van der Waals surface area (Å²) in [6.45, 7) is 1.47. The third-order valence-electron chi connectivity index (χ3n) is 5.30. The lowest BCUT2D eigenvalue weighted by atomic mass is 9.61. The van der Waals surface area contributed by atoms with Crippen LogP contribution in [-0.2, 0) is 14.3 Å². The van der Waals surface area contributed by atoms with Gasteiger partial charge in [0.1, 0.15) is 0 Å². The van der Waals surface area contributed by atoms with Gasteiger partial charge in [-0.1, -0.05) is 12.8 Å². The molecule has 3 fully saturated rings. The molecule has 2 atom stereocenters. The van der Waals surface area contributed by atoms with Crippen LogP contribution >= 0.6 is 0 Å². The van der Waals surface area contributed by atoms with Gasteiger partial charge < -0.3 is 4.74 Å². The second kappa shape index (κ2) is 5.23. The van der Waals surface area contributed by atoms with Crippen LogP contribution in [0.3, 0.4) is 0 Å². The van der Waals surface area contributed by atoms with Gasteiger partial charge in [-0.25, -0.2) is 0 Å². The normalized spacial score (nSPS) is 37.4. The first-order chi connectivity index (χ1) is 9.21. The maximum atomic E-state index is 12.4. The van der Waals surface area contributed by atoms with Gasteiger partial charge in [0.2, 0.25) is 11.8 Å². The molecule has 2 aliphatic heterocycles. The van der Waals surface area contributed by atoms with Gasteiger partial charge in [-0.05, 0) is 43.4 Å². The van der Waals surface area contributed by atoms with E-state index in [0.29, 0.717) is 18.9 Å². The molecule has 0 bridgehead atoms. The van der Waals surface area contributed by atoms with E-state index in [2.05, 4.69) is 5.32 Å². The van der Waals surface area contributed by atoms with Crippen molar-refractivity contribution < 1.29 is 14.3 Å². The van der Waals surface area contributed by atoms with E-state index in [1.54, 1.807) is 0 Å². The Morgan fingerprint density at radius 2 is 1.84 bits per heavy atom. The summed E-state index contributed by atoms with van der Waals surface area (Å²) in [5.74, 6) is 0.423. The Morgan fingerprint density at radius 1 is 1.05 bits per heavy atom. The number of rotatable bonds is 1. The lowest BCUT2D eigenvalue weighted by Gasteiger charge is -2.44. The summed E-state index contributed by atoms with van der Waals surface area (Å²) in [6.07, 6.45) is 8.08. The Hall–Kier alpha value is -0.900. The number of piperidine rings is 1. The maximum Gasteiger partial charge on any atom is 0.230 e. The largest absolute Gasteiger partial charge is 0.381 e. The highest BCUT2D eigenvalue weighted by atomic mass is 16.5. The van der Waals surface area contributed by atoms with E-state index in [1.807, 2.05) is 0 Å². The lowest BCUT2D eigenvalue weighted by molar-refractivity contribution is -0.147. The van der Waals surface area contributed by atoms with E-state index in [9.17, 15) is 9.59 Å². The summed E-state index contributed by atoms with van der Waals surface area (Å²) in [7, 11) is 0. The van der Waals surface area contributed by atoms with Gasteiger partial charge in [-0.2, -0.15) is 0 Å². The Labute approximate surface area is 114 Å². The van der Waals surface area contributed by atoms with Crippen molar-refractivity contribution in [1.82, 2.24) is 5.32 Å². The molecule has 0 aromatic rings. The summed E-state index contributed by atoms with van der Waals surface area (Å²) >= 11 is 0. The Kier molecular flexibility index (Phi) is 3.61. The Bertz CT molecular complexity index is 366. The molecule has 3 aliphatic rings. The second-order valence-corrected chi connectivity index (χ2v) is 6.44. The number of ether oxygens (including phenoxy) is 1. The minimum Gasteiger partial charge on any atom is -0.381 e. The van der Waals surface area contributed by atoms with E-state index in [1.165, 1.54) is 12.8 Å². The van der Waals surface area contributed by atoms with Crippen molar-refractivity contribution in [1.29, 1.82) is 0 Å². The lowest BCUT2D eigenvalue weighted by Crippen LogP contribution is -2.54. The minimum absolute atomic E-state index is 0.00921. The molecular formula is C15H23NO3. The highest BCUT2D eigenvalue weighted by molar-refractivity contribution is 5.99. The Morgan fingerprint density at radius 3 is 2.63 bits per heavy atom. The summed E-state index contributed by atoms with van der Waals surface area (Å²) in [4.78, 5) is 24.3. The smallest absolute Gasteiger partial charge is 0.230 e. The molecule has 0 radical (unpaired) electrons. The molecule has 2 heterocycles. The van der Waals surface area contributed by atoms with Gasteiger partial charge in [0, 0.05) is 25.6 Å². The van der Waals surface area contributed by atoms with Gasteiger partial charge in [0.05, 0.1) is 0 Å². The molecule has 4 heteroatoms. The highest BCUT2D eigenvalue weighted by Gasteiger charge is 2.51. The SMILES string of the molecule is O=C1CC2(CCCOCC2)C(C2CCCC2)C(=O)N1. The molecule has 1 saturated carbocycles. The first-order valence-electron chi connectivity index (χ1n) is 7.63. The zero-order valence-corrected chi connectivity index (χ0v) is 11.5. The van der Waals surface area contributed by atoms with Crippen LogP contribution in [0, 0.1) is 17.3 Å². The van der Waals surface area contributed by atoms with Crippen molar-refractivity contribution >= 4 is 11.8 Å². The highest BCUT2D eigenvalue weighted by Crippen LogP contribution is 2.50. The first-order valence-corrected chi connectivity index (χ1v) is 7.63. The van der Waals surface area contributed by atoms with Gasteiger partial charge in [0.15, 0.2) is 0 Å². The molecule has 3 rings (SSSR count). The molecule has 0 aromatic carbocycles. The van der Waals surface area contributed by atoms with Crippen LogP contribution in [0.15, 0.2) is 0 Å². The second-order valence-electron chi connectivity index (χ2n) is 6.44. The standard InChI is InChI=1S/C15H23NO3/c17-12-10-15(6-3-8-19-9-7-15)13(14(18)16-12)11-4-1-2-5-11/h11,13H,1-10H2,(H,16,17,18). The fourth-order valence-corrected chi connectivity index (χ4v) is 4.49. The molecule has 0 aromatic heterocycles. The number of hydrogen-bond donors (Lipinski definition) is 1. The van der Waals surface area contributed by atoms with Crippen LogP contribution in [0.1, 0.15) is 51.4 Å². The van der Waals surface area contributed by atoms with Crippen molar-refractivity contribution in [3.8, 4) is 0 Å². The van der Waals surface area contributed by atoms with Crippen LogP contribution < -0.4 is 5.32 Å². The molecule has 4 nitrogen and oxygen atoms in total. The van der Waals surface area contributed by atoms with Crippen molar-refractivity contribution in [2.45, 2.75) is 51.4 Å². The quantitative estimate of drug-likeness (QED) is 0.738. The van der Waals surface area contributed by atoms with Crippen LogP contribution in [-0.4, -0.2) is 25.0 Å². The first kappa shape index (κ1) is 13.1. The number of amides is 2. The molecule has 1 spiro atoms. The molecule has 106 valence electrons. The monoisotopic (exact) mass is 265 g/mol. The number of hydrogen-bond acceptors (Lipinski definition) is 3. The molecule has 19 heavy (non-hydrogen) atoms. The van der Waals surface area contributed by atoms with E-state index < -0.39 is 0 Å². The zero-order chi connectivity index (χ0) is 13.3. The summed E-state index contributed by atoms with van der Waals surface area (Å²) in [5.41, 5.74) is -0.120. The molecule has 2 unspecified atom stereocenters. The zero-order valence-electron chi connectivity index (χ0n) is 11.5. The molecule has 1 N–H and O–H groups in total. The van der Waals surface area contributed by atoms with Gasteiger partial charge >= 0.3 is 0 Å². The van der Waals surface area contributed by atoms with Crippen LogP contribution in [0.2, 0.25) is 0 Å². The van der Waals surface area contributed by atoms with E-state index in [0.717, 1.165) is 38.7 Å². The summed E-state index contributed by atoms with van der Waals surface area (Å²) in [5, 5.41) is 2.58. The Balaban J connectivity index is 1.90. The van der Waals surface area contributed by atoms with E-state index in [-0.39, 0.29) is 23.1 Å². The van der Waals surface area contributed by atoms with Crippen LogP contribution in [0.25, 0.3) is 0 Å². The topological polar surface area (TPSA) is 55.4 Å². The predicted octanol–water partition coefficient (Wildman–Crippen LogP) is 2.03. The van der Waals surface area contributed by atoms with Crippen molar-refractivity contribution in [3.63, 3.8) is 0 Å². The van der Waals surface area contributed by atoms with Gasteiger partial charge in [-0.3, -0.25) is 14.9 Å². The maximum absolute atomic E-state index is 12.4. The molecule has 2 saturated heterocycles. The molecule has 1 aliphatic carbocycles. The van der Waals surface area contributed by atoms with Crippen molar-refractivity contribution in [2.24, 2.45) is 17.3 Å².